The lowest BCUT2D eigenvalue weighted by molar-refractivity contribution is 0.0601. The number of sulfonamides is 1. The number of carbonyl (C=O) groups is 1. The van der Waals surface area contributed by atoms with Gasteiger partial charge in [0.1, 0.15) is 5.00 Å². The second-order valence-corrected chi connectivity index (χ2v) is 6.97. The maximum atomic E-state index is 11.7. The molecule has 1 N–H and O–H groups in total. The van der Waals surface area contributed by atoms with E-state index >= 15 is 0 Å². The van der Waals surface area contributed by atoms with Gasteiger partial charge < -0.3 is 4.74 Å². The normalized spacial score (nSPS) is 11.3. The molecule has 0 aromatic carbocycles. The summed E-state index contributed by atoms with van der Waals surface area (Å²) in [5.41, 5.74) is 1.06. The highest BCUT2D eigenvalue weighted by molar-refractivity contribution is 7.92. The first kappa shape index (κ1) is 15.0. The van der Waals surface area contributed by atoms with E-state index < -0.39 is 16.0 Å². The maximum absolute atomic E-state index is 11.7. The largest absolute Gasteiger partial charge is 0.465 e. The number of carbonyl (C=O) groups excluding carboxylic acids is 1. The summed E-state index contributed by atoms with van der Waals surface area (Å²) in [7, 11) is -2.12. The molecular weight excluding hydrogens is 274 g/mol. The number of esters is 1. The number of thiophene rings is 1. The van der Waals surface area contributed by atoms with E-state index in [1.54, 1.807) is 13.8 Å². The molecule has 0 saturated carbocycles. The Hall–Kier alpha value is -1.08. The van der Waals surface area contributed by atoms with Gasteiger partial charge >= 0.3 is 5.97 Å². The summed E-state index contributed by atoms with van der Waals surface area (Å²) in [4.78, 5) is 12.6. The van der Waals surface area contributed by atoms with Crippen molar-refractivity contribution in [3.63, 3.8) is 0 Å². The molecule has 0 aliphatic heterocycles. The van der Waals surface area contributed by atoms with Crippen molar-refractivity contribution in [2.75, 3.05) is 17.6 Å². The van der Waals surface area contributed by atoms with Crippen molar-refractivity contribution in [3.05, 3.63) is 16.0 Å². The average Bonchev–Trinajstić information content (AvgIpc) is 2.52. The first-order valence-electron chi connectivity index (χ1n) is 5.51. The third kappa shape index (κ3) is 3.23. The van der Waals surface area contributed by atoms with Gasteiger partial charge in [0.25, 0.3) is 0 Å². The van der Waals surface area contributed by atoms with Gasteiger partial charge in [-0.3, -0.25) is 4.72 Å². The Balaban J connectivity index is 3.18. The fourth-order valence-electron chi connectivity index (χ4n) is 1.51. The van der Waals surface area contributed by atoms with E-state index in [1.807, 2.05) is 6.92 Å². The number of rotatable bonds is 5. The highest BCUT2D eigenvalue weighted by Gasteiger charge is 2.23. The minimum atomic E-state index is -3.40. The molecule has 0 atom stereocenters. The second-order valence-electron chi connectivity index (χ2n) is 3.90. The molecule has 0 radical (unpaired) electrons. The van der Waals surface area contributed by atoms with E-state index in [0.29, 0.717) is 17.0 Å². The van der Waals surface area contributed by atoms with E-state index in [2.05, 4.69) is 9.46 Å². The van der Waals surface area contributed by atoms with Crippen LogP contribution in [0.4, 0.5) is 5.00 Å². The number of nitrogens with one attached hydrogen (secondary N) is 1. The van der Waals surface area contributed by atoms with Gasteiger partial charge in [0.2, 0.25) is 10.0 Å². The first-order chi connectivity index (χ1) is 8.32. The number of ether oxygens (including phenoxy) is 1. The highest BCUT2D eigenvalue weighted by atomic mass is 32.2. The van der Waals surface area contributed by atoms with Gasteiger partial charge in [-0.25, -0.2) is 13.2 Å². The molecule has 0 amide bonds. The quantitative estimate of drug-likeness (QED) is 0.845. The van der Waals surface area contributed by atoms with Crippen molar-refractivity contribution >= 4 is 32.3 Å². The van der Waals surface area contributed by atoms with Crippen molar-refractivity contribution < 1.29 is 17.9 Å². The third-order valence-corrected chi connectivity index (χ3v) is 5.21. The molecule has 102 valence electrons. The van der Waals surface area contributed by atoms with Crippen LogP contribution >= 0.6 is 11.3 Å². The van der Waals surface area contributed by atoms with Crippen LogP contribution in [0.1, 0.15) is 34.1 Å². The highest BCUT2D eigenvalue weighted by Crippen LogP contribution is 2.33. The Bertz CT molecular complexity index is 546. The van der Waals surface area contributed by atoms with E-state index in [0.717, 1.165) is 10.4 Å². The Morgan fingerprint density at radius 3 is 2.50 bits per heavy atom. The molecule has 0 spiro atoms. The van der Waals surface area contributed by atoms with Gasteiger partial charge in [0, 0.05) is 4.88 Å². The molecule has 18 heavy (non-hydrogen) atoms. The Morgan fingerprint density at radius 1 is 1.39 bits per heavy atom. The van der Waals surface area contributed by atoms with Crippen LogP contribution < -0.4 is 4.72 Å². The second kappa shape index (κ2) is 5.71. The number of methoxy groups -OCH3 is 1. The van der Waals surface area contributed by atoms with Gasteiger partial charge in [0.05, 0.1) is 18.4 Å². The van der Waals surface area contributed by atoms with Crippen LogP contribution in [-0.2, 0) is 14.8 Å². The zero-order valence-electron chi connectivity index (χ0n) is 10.9. The van der Waals surface area contributed by atoms with Crippen LogP contribution in [0.3, 0.4) is 0 Å². The maximum Gasteiger partial charge on any atom is 0.341 e. The zero-order chi connectivity index (χ0) is 13.9. The predicted molar refractivity (Wildman–Crippen MR) is 72.8 cm³/mol. The van der Waals surface area contributed by atoms with Gasteiger partial charge in [0.15, 0.2) is 0 Å². The van der Waals surface area contributed by atoms with Gasteiger partial charge in [-0.2, -0.15) is 0 Å². The molecular formula is C11H17NO4S2. The van der Waals surface area contributed by atoms with Crippen LogP contribution in [0.25, 0.3) is 0 Å². The van der Waals surface area contributed by atoms with Crippen molar-refractivity contribution in [3.8, 4) is 0 Å². The molecule has 0 fully saturated rings. The summed E-state index contributed by atoms with van der Waals surface area (Å²) in [5.74, 6) is -0.491. The average molecular weight is 291 g/mol. The number of hydrogen-bond donors (Lipinski definition) is 1. The van der Waals surface area contributed by atoms with Crippen LogP contribution in [0.5, 0.6) is 0 Å². The third-order valence-electron chi connectivity index (χ3n) is 2.50. The lowest BCUT2D eigenvalue weighted by atomic mass is 10.2. The fraction of sp³-hybridized carbons (Fsp3) is 0.545. The summed E-state index contributed by atoms with van der Waals surface area (Å²) in [6.07, 6.45) is 0.520. The summed E-state index contributed by atoms with van der Waals surface area (Å²) in [6.45, 7) is 5.39. The van der Waals surface area contributed by atoms with Crippen LogP contribution in [0.2, 0.25) is 0 Å². The monoisotopic (exact) mass is 291 g/mol. The fourth-order valence-corrected chi connectivity index (χ4v) is 3.98. The lowest BCUT2D eigenvalue weighted by Gasteiger charge is -2.07. The molecule has 0 unspecified atom stereocenters. The van der Waals surface area contributed by atoms with Gasteiger partial charge in [-0.05, 0) is 25.8 Å². The SMILES string of the molecule is CCCS(=O)(=O)Nc1sc(C)c(C)c1C(=O)OC. The molecule has 0 aliphatic rings. The van der Waals surface area contributed by atoms with E-state index in [9.17, 15) is 13.2 Å². The molecule has 1 rings (SSSR count). The van der Waals surface area contributed by atoms with Crippen molar-refractivity contribution in [2.45, 2.75) is 27.2 Å². The van der Waals surface area contributed by atoms with E-state index in [1.165, 1.54) is 18.4 Å². The van der Waals surface area contributed by atoms with Crippen LogP contribution in [0.15, 0.2) is 0 Å². The van der Waals surface area contributed by atoms with Crippen molar-refractivity contribution in [2.24, 2.45) is 0 Å². The summed E-state index contributed by atoms with van der Waals surface area (Å²) in [6, 6.07) is 0. The van der Waals surface area contributed by atoms with Crippen LogP contribution in [0, 0.1) is 13.8 Å². The number of hydrogen-bond acceptors (Lipinski definition) is 5. The molecule has 1 heterocycles. The standard InChI is InChI=1S/C11H17NO4S2/c1-5-6-18(14,15)12-10-9(11(13)16-4)7(2)8(3)17-10/h12H,5-6H2,1-4H3. The van der Waals surface area contributed by atoms with Gasteiger partial charge in [-0.1, -0.05) is 6.92 Å². The zero-order valence-corrected chi connectivity index (χ0v) is 12.5. The minimum Gasteiger partial charge on any atom is -0.465 e. The lowest BCUT2D eigenvalue weighted by Crippen LogP contribution is -2.17. The number of anilines is 1. The van der Waals surface area contributed by atoms with E-state index in [4.69, 9.17) is 0 Å². The predicted octanol–water partition coefficient (Wildman–Crippen LogP) is 2.30. The van der Waals surface area contributed by atoms with E-state index in [-0.39, 0.29) is 5.75 Å². The van der Waals surface area contributed by atoms with Crippen molar-refractivity contribution in [1.29, 1.82) is 0 Å². The molecule has 0 saturated heterocycles. The minimum absolute atomic E-state index is 0.0314. The molecule has 7 heteroatoms. The smallest absolute Gasteiger partial charge is 0.341 e. The molecule has 1 aromatic rings. The number of aryl methyl sites for hydroxylation is 1. The molecule has 0 aliphatic carbocycles. The Kier molecular flexibility index (Phi) is 4.75. The Morgan fingerprint density at radius 2 is 2.00 bits per heavy atom. The molecule has 0 bridgehead atoms. The summed E-state index contributed by atoms with van der Waals surface area (Å²) < 4.78 is 30.6. The summed E-state index contributed by atoms with van der Waals surface area (Å²) >= 11 is 1.25. The Labute approximate surface area is 111 Å². The van der Waals surface area contributed by atoms with Crippen LogP contribution in [-0.4, -0.2) is 27.2 Å². The first-order valence-corrected chi connectivity index (χ1v) is 7.98. The van der Waals surface area contributed by atoms with Gasteiger partial charge in [-0.15, -0.1) is 11.3 Å². The topological polar surface area (TPSA) is 72.5 Å². The molecule has 1 aromatic heterocycles. The van der Waals surface area contributed by atoms with Crippen molar-refractivity contribution in [1.82, 2.24) is 0 Å². The summed E-state index contributed by atoms with van der Waals surface area (Å²) in [5, 5.41) is 0.338. The molecule has 5 nitrogen and oxygen atoms in total.